The van der Waals surface area contributed by atoms with Gasteiger partial charge in [-0.25, -0.2) is 31.2 Å². The molecule has 1 aromatic heterocycles. The van der Waals surface area contributed by atoms with Crippen LogP contribution in [0.25, 0.3) is 0 Å². The van der Waals surface area contributed by atoms with Crippen LogP contribution in [0.15, 0.2) is 83.5 Å². The van der Waals surface area contributed by atoms with E-state index < -0.39 is 0 Å². The topological polar surface area (TPSA) is 13.1 Å². The number of hydrogen-bond acceptors (Lipinski definition) is 1. The minimum atomic E-state index is 0. The number of hydrogen-bond donors (Lipinski definition) is 0. The van der Waals surface area contributed by atoms with Gasteiger partial charge in [-0.3, -0.25) is 0 Å². The predicted octanol–water partition coefficient (Wildman–Crippen LogP) is 4.27. The normalized spacial score (nSPS) is 7.76. The Morgan fingerprint density at radius 2 is 1.29 bits per heavy atom. The van der Waals surface area contributed by atoms with Crippen molar-refractivity contribution in [3.8, 4) is 0 Å². The van der Waals surface area contributed by atoms with Gasteiger partial charge < -0.3 is 4.42 Å². The van der Waals surface area contributed by atoms with Gasteiger partial charge in [-0.2, -0.15) is 42.5 Å². The first-order valence-electron chi connectivity index (χ1n) is 5.08. The molecular weight excluding hydrogens is 244 g/mol. The maximum absolute atomic E-state index is 4.72. The summed E-state index contributed by atoms with van der Waals surface area (Å²) in [6, 6.07) is 23.6. The van der Waals surface area contributed by atoms with Crippen LogP contribution in [0.5, 0.6) is 0 Å². The smallest absolute Gasteiger partial charge is 0.504 e. The van der Waals surface area contributed by atoms with Gasteiger partial charge in [-0.1, -0.05) is 0 Å². The van der Waals surface area contributed by atoms with Crippen molar-refractivity contribution in [3.05, 3.63) is 91.7 Å². The Kier molecular flexibility index (Phi) is 10.1. The molecule has 0 aliphatic carbocycles. The van der Waals surface area contributed by atoms with Crippen molar-refractivity contribution in [2.45, 2.75) is 0 Å². The van der Waals surface area contributed by atoms with Gasteiger partial charge in [-0.05, 0) is 5.76 Å². The van der Waals surface area contributed by atoms with E-state index in [4.69, 9.17) is 4.42 Å². The van der Waals surface area contributed by atoms with E-state index in [9.17, 15) is 0 Å². The Hall–Kier alpha value is -1.44. The van der Waals surface area contributed by atoms with Crippen molar-refractivity contribution in [2.75, 3.05) is 0 Å². The fourth-order valence-corrected chi connectivity index (χ4v) is 0.954. The van der Waals surface area contributed by atoms with E-state index in [1.54, 1.807) is 12.3 Å². The monoisotopic (exact) mass is 259 g/mol. The van der Waals surface area contributed by atoms with Gasteiger partial charge in [0.2, 0.25) is 0 Å². The quantitative estimate of drug-likeness (QED) is 0.434. The molecule has 1 heterocycles. The van der Waals surface area contributed by atoms with Gasteiger partial charge in [0.05, 0.1) is 6.26 Å². The average molecular weight is 259 g/mol. The number of rotatable bonds is 0. The van der Waals surface area contributed by atoms with Crippen molar-refractivity contribution in [1.29, 1.82) is 0 Å². The van der Waals surface area contributed by atoms with Gasteiger partial charge in [0.15, 0.2) is 0 Å². The molecule has 0 aliphatic heterocycles. The molecule has 3 aromatic rings. The third-order valence-corrected chi connectivity index (χ3v) is 1.69. The summed E-state index contributed by atoms with van der Waals surface area (Å²) < 4.78 is 4.72. The second-order valence-corrected chi connectivity index (χ2v) is 3.00. The average Bonchev–Trinajstić information content (AvgIpc) is 3.07. The molecule has 0 aliphatic rings. The molecule has 2 heteroatoms. The van der Waals surface area contributed by atoms with Crippen LogP contribution in [-0.2, 0) is 21.7 Å². The first kappa shape index (κ1) is 15.6. The molecule has 3 rings (SSSR count). The minimum absolute atomic E-state index is 0. The second kappa shape index (κ2) is 11.1. The van der Waals surface area contributed by atoms with E-state index >= 15 is 0 Å². The maximum Gasteiger partial charge on any atom is 3.00 e. The molecule has 0 fully saturated rings. The zero-order valence-corrected chi connectivity index (χ0v) is 11.2. The van der Waals surface area contributed by atoms with E-state index in [0.29, 0.717) is 0 Å². The zero-order valence-electron chi connectivity index (χ0n) is 9.62. The van der Waals surface area contributed by atoms with Crippen molar-refractivity contribution in [2.24, 2.45) is 0 Å². The summed E-state index contributed by atoms with van der Waals surface area (Å²) in [7, 11) is 0. The van der Waals surface area contributed by atoms with Crippen LogP contribution < -0.4 is 0 Å². The Morgan fingerprint density at radius 1 is 0.824 bits per heavy atom. The molecule has 17 heavy (non-hydrogen) atoms. The summed E-state index contributed by atoms with van der Waals surface area (Å²) in [5.74, 6) is 0.718. The van der Waals surface area contributed by atoms with E-state index in [1.165, 1.54) is 0 Å². The zero-order chi connectivity index (χ0) is 11.5. The van der Waals surface area contributed by atoms with Crippen molar-refractivity contribution >= 4 is 0 Å². The van der Waals surface area contributed by atoms with Crippen LogP contribution in [0.3, 0.4) is 0 Å². The third kappa shape index (κ3) is 9.49. The Bertz CT molecular complexity index is 335. The Balaban J connectivity index is 0.000000221. The van der Waals surface area contributed by atoms with Crippen molar-refractivity contribution < 1.29 is 26.1 Å². The molecule has 0 unspecified atom stereocenters. The SMILES string of the molecule is [CH2-]c1ccco1.[Ti+3].c1cc[cH-]c1.c1cc[cH-]c1. The van der Waals surface area contributed by atoms with E-state index in [-0.39, 0.29) is 21.7 Å². The summed E-state index contributed by atoms with van der Waals surface area (Å²) in [6.45, 7) is 3.51. The summed E-state index contributed by atoms with van der Waals surface area (Å²) in [4.78, 5) is 0. The van der Waals surface area contributed by atoms with Crippen LogP contribution in [0, 0.1) is 6.92 Å². The van der Waals surface area contributed by atoms with Crippen LogP contribution in [0.2, 0.25) is 0 Å². The Labute approximate surface area is 118 Å². The summed E-state index contributed by atoms with van der Waals surface area (Å²) in [5.41, 5.74) is 0. The van der Waals surface area contributed by atoms with Crippen molar-refractivity contribution in [1.82, 2.24) is 0 Å². The molecule has 1 radical (unpaired) electrons. The molecule has 0 saturated heterocycles. The van der Waals surface area contributed by atoms with E-state index in [2.05, 4.69) is 6.92 Å². The molecule has 85 valence electrons. The molecule has 0 atom stereocenters. The van der Waals surface area contributed by atoms with E-state index in [1.807, 2.05) is 66.7 Å². The van der Waals surface area contributed by atoms with Crippen molar-refractivity contribution in [3.63, 3.8) is 0 Å². The molecule has 0 bridgehead atoms. The summed E-state index contributed by atoms with van der Waals surface area (Å²) >= 11 is 0. The summed E-state index contributed by atoms with van der Waals surface area (Å²) in [6.07, 6.45) is 1.60. The second-order valence-electron chi connectivity index (χ2n) is 3.00. The fourth-order valence-electron chi connectivity index (χ4n) is 0.954. The van der Waals surface area contributed by atoms with Gasteiger partial charge in [0.25, 0.3) is 0 Å². The first-order chi connectivity index (χ1) is 7.89. The molecule has 1 nitrogen and oxygen atoms in total. The molecule has 0 saturated carbocycles. The van der Waals surface area contributed by atoms with Gasteiger partial charge in [-0.15, -0.1) is 6.07 Å². The molecular formula is C15H15OTi. The molecule has 2 aromatic carbocycles. The predicted molar refractivity (Wildman–Crippen MR) is 67.2 cm³/mol. The minimum Gasteiger partial charge on any atom is -0.504 e. The molecule has 0 N–H and O–H groups in total. The molecule has 0 amide bonds. The van der Waals surface area contributed by atoms with Crippen LogP contribution in [0.1, 0.15) is 5.76 Å². The Morgan fingerprint density at radius 3 is 1.41 bits per heavy atom. The van der Waals surface area contributed by atoms with Crippen LogP contribution >= 0.6 is 0 Å². The fraction of sp³-hybridized carbons (Fsp3) is 0. The van der Waals surface area contributed by atoms with Crippen LogP contribution in [-0.4, -0.2) is 0 Å². The van der Waals surface area contributed by atoms with Gasteiger partial charge >= 0.3 is 21.7 Å². The maximum atomic E-state index is 4.72. The molecule has 0 spiro atoms. The standard InChI is InChI=1S/C5H5O.2C5H5.Ti/c1-5-3-2-4-6-5;2*1-2-4-5-3-1;/h2-4H,1H2;2*1-5H;/q3*-1;+3. The largest absolute Gasteiger partial charge is 3.00 e. The van der Waals surface area contributed by atoms with Gasteiger partial charge in [0.1, 0.15) is 0 Å². The van der Waals surface area contributed by atoms with E-state index in [0.717, 1.165) is 5.76 Å². The van der Waals surface area contributed by atoms with Crippen LogP contribution in [0.4, 0.5) is 0 Å². The third-order valence-electron chi connectivity index (χ3n) is 1.69. The van der Waals surface area contributed by atoms with Gasteiger partial charge in [0, 0.05) is 0 Å². The number of furan rings is 1. The summed E-state index contributed by atoms with van der Waals surface area (Å²) in [5, 5.41) is 0. The first-order valence-corrected chi connectivity index (χ1v) is 5.08.